The summed E-state index contributed by atoms with van der Waals surface area (Å²) in [6, 6.07) is 16.5. The van der Waals surface area contributed by atoms with Gasteiger partial charge in [0.1, 0.15) is 18.1 Å². The van der Waals surface area contributed by atoms with Gasteiger partial charge >= 0.3 is 0 Å². The molecular formula is C27H33N3O3. The van der Waals surface area contributed by atoms with Crippen molar-refractivity contribution in [3.8, 4) is 5.75 Å². The van der Waals surface area contributed by atoms with Crippen molar-refractivity contribution >= 4 is 10.9 Å². The Morgan fingerprint density at radius 3 is 2.48 bits per heavy atom. The summed E-state index contributed by atoms with van der Waals surface area (Å²) in [7, 11) is 2.04. The van der Waals surface area contributed by atoms with E-state index in [0.29, 0.717) is 19.7 Å². The zero-order valence-corrected chi connectivity index (χ0v) is 20.1. The molecule has 33 heavy (non-hydrogen) atoms. The number of nitrogens with zero attached hydrogens (tertiary/aromatic N) is 3. The lowest BCUT2D eigenvalue weighted by Crippen LogP contribution is -2.32. The summed E-state index contributed by atoms with van der Waals surface area (Å²) >= 11 is 0. The number of aryl methyl sites for hydroxylation is 3. The van der Waals surface area contributed by atoms with E-state index in [-0.39, 0.29) is 0 Å². The van der Waals surface area contributed by atoms with Crippen LogP contribution in [0.1, 0.15) is 33.8 Å². The Bertz CT molecular complexity index is 1200. The second-order valence-corrected chi connectivity index (χ2v) is 8.92. The van der Waals surface area contributed by atoms with Crippen LogP contribution in [0.5, 0.6) is 5.75 Å². The Labute approximate surface area is 195 Å². The van der Waals surface area contributed by atoms with Gasteiger partial charge in [-0.05, 0) is 64.1 Å². The minimum atomic E-state index is -0.457. The number of hydrogen-bond donors (Lipinski definition) is 1. The molecule has 2 aromatic carbocycles. The van der Waals surface area contributed by atoms with Crippen molar-refractivity contribution in [2.24, 2.45) is 0 Å². The molecule has 2 aromatic heterocycles. The molecule has 0 aliphatic heterocycles. The van der Waals surface area contributed by atoms with Crippen LogP contribution >= 0.6 is 0 Å². The molecule has 0 unspecified atom stereocenters. The third-order valence-electron chi connectivity index (χ3n) is 6.40. The predicted molar refractivity (Wildman–Crippen MR) is 131 cm³/mol. The number of aliphatic hydroxyl groups excluding tert-OH is 1. The van der Waals surface area contributed by atoms with Gasteiger partial charge in [0.05, 0.1) is 23.9 Å². The fourth-order valence-electron chi connectivity index (χ4n) is 4.40. The fraction of sp³-hybridized carbons (Fsp3) is 0.370. The Kier molecular flexibility index (Phi) is 6.86. The zero-order valence-electron chi connectivity index (χ0n) is 20.1. The normalized spacial score (nSPS) is 12.6. The number of likely N-dealkylation sites (N-methyl/N-ethyl adjacent to an activating group) is 1. The largest absolute Gasteiger partial charge is 0.489 e. The maximum atomic E-state index is 10.8. The molecule has 0 amide bonds. The highest BCUT2D eigenvalue weighted by Crippen LogP contribution is 2.25. The molecule has 1 atom stereocenters. The van der Waals surface area contributed by atoms with Gasteiger partial charge in [-0.2, -0.15) is 0 Å². The Hall–Kier alpha value is -3.09. The summed E-state index contributed by atoms with van der Waals surface area (Å²) in [5.41, 5.74) is 6.71. The molecule has 0 saturated heterocycles. The molecule has 0 radical (unpaired) electrons. The van der Waals surface area contributed by atoms with Gasteiger partial charge in [-0.3, -0.25) is 4.90 Å². The standard InChI is InChI=1S/C27H33N3O3/c1-18-20(3)30(27-9-7-6-8-25(18)27)16-23(31)15-29(5)14-22-10-12-24(13-11-22)32-17-26-19(2)28-33-21(26)4/h6-13,23,31H,14-17H2,1-5H3/t23-/m0/s1. The van der Waals surface area contributed by atoms with E-state index < -0.39 is 6.10 Å². The van der Waals surface area contributed by atoms with Gasteiger partial charge in [0.2, 0.25) is 0 Å². The lowest BCUT2D eigenvalue weighted by atomic mass is 10.2. The van der Waals surface area contributed by atoms with Gasteiger partial charge in [0, 0.05) is 29.7 Å². The molecule has 1 N–H and O–H groups in total. The molecule has 0 saturated carbocycles. The first-order valence-corrected chi connectivity index (χ1v) is 11.4. The average molecular weight is 448 g/mol. The van der Waals surface area contributed by atoms with Crippen LogP contribution in [0.2, 0.25) is 0 Å². The smallest absolute Gasteiger partial charge is 0.140 e. The maximum absolute atomic E-state index is 10.8. The first kappa shape index (κ1) is 23.1. The number of hydrogen-bond acceptors (Lipinski definition) is 5. The van der Waals surface area contributed by atoms with Gasteiger partial charge in [-0.15, -0.1) is 0 Å². The summed E-state index contributed by atoms with van der Waals surface area (Å²) in [4.78, 5) is 2.15. The van der Waals surface area contributed by atoms with Crippen molar-refractivity contribution in [2.45, 2.75) is 53.5 Å². The number of para-hydroxylation sites is 1. The van der Waals surface area contributed by atoms with E-state index in [4.69, 9.17) is 9.26 Å². The van der Waals surface area contributed by atoms with Crippen molar-refractivity contribution in [3.05, 3.63) is 82.4 Å². The average Bonchev–Trinajstić information content (AvgIpc) is 3.24. The second kappa shape index (κ2) is 9.81. The van der Waals surface area contributed by atoms with Gasteiger partial charge in [-0.25, -0.2) is 0 Å². The van der Waals surface area contributed by atoms with E-state index >= 15 is 0 Å². The van der Waals surface area contributed by atoms with Crippen LogP contribution in [-0.2, 0) is 19.7 Å². The van der Waals surface area contributed by atoms with Crippen LogP contribution < -0.4 is 4.74 Å². The van der Waals surface area contributed by atoms with Crippen molar-refractivity contribution in [3.63, 3.8) is 0 Å². The molecule has 0 spiro atoms. The van der Waals surface area contributed by atoms with Crippen molar-refractivity contribution < 1.29 is 14.4 Å². The molecule has 0 fully saturated rings. The van der Waals surface area contributed by atoms with Crippen molar-refractivity contribution in [1.29, 1.82) is 0 Å². The second-order valence-electron chi connectivity index (χ2n) is 8.92. The third-order valence-corrected chi connectivity index (χ3v) is 6.40. The van der Waals surface area contributed by atoms with E-state index in [2.05, 4.69) is 64.9 Å². The molecule has 4 rings (SSSR count). The first-order valence-electron chi connectivity index (χ1n) is 11.4. The van der Waals surface area contributed by atoms with Gasteiger partial charge in [0.25, 0.3) is 0 Å². The topological polar surface area (TPSA) is 63.7 Å². The van der Waals surface area contributed by atoms with Gasteiger partial charge < -0.3 is 18.9 Å². The summed E-state index contributed by atoms with van der Waals surface area (Å²) in [6.07, 6.45) is -0.457. The van der Waals surface area contributed by atoms with Crippen molar-refractivity contribution in [1.82, 2.24) is 14.6 Å². The molecule has 174 valence electrons. The number of rotatable bonds is 9. The van der Waals surface area contributed by atoms with Crippen molar-refractivity contribution in [2.75, 3.05) is 13.6 Å². The minimum Gasteiger partial charge on any atom is -0.489 e. The predicted octanol–water partition coefficient (Wildman–Crippen LogP) is 4.93. The highest BCUT2D eigenvalue weighted by atomic mass is 16.5. The zero-order chi connectivity index (χ0) is 23.5. The Morgan fingerprint density at radius 2 is 1.79 bits per heavy atom. The fourth-order valence-corrected chi connectivity index (χ4v) is 4.40. The van der Waals surface area contributed by atoms with Gasteiger partial charge in [0.15, 0.2) is 0 Å². The van der Waals surface area contributed by atoms with E-state index in [1.54, 1.807) is 0 Å². The molecule has 0 aliphatic rings. The molecule has 6 heteroatoms. The van der Waals surface area contributed by atoms with E-state index in [9.17, 15) is 5.11 Å². The number of aliphatic hydroxyl groups is 1. The third kappa shape index (κ3) is 5.13. The quantitative estimate of drug-likeness (QED) is 0.394. The highest BCUT2D eigenvalue weighted by molar-refractivity contribution is 5.85. The summed E-state index contributed by atoms with van der Waals surface area (Å²) in [6.45, 7) is 10.5. The molecule has 6 nitrogen and oxygen atoms in total. The molecular weight excluding hydrogens is 414 g/mol. The van der Waals surface area contributed by atoms with E-state index in [1.807, 2.05) is 33.0 Å². The number of aromatic nitrogens is 2. The van der Waals surface area contributed by atoms with Crippen LogP contribution in [0.3, 0.4) is 0 Å². The van der Waals surface area contributed by atoms with Crippen LogP contribution in [0, 0.1) is 27.7 Å². The summed E-state index contributed by atoms with van der Waals surface area (Å²) in [5, 5.41) is 16.0. The van der Waals surface area contributed by atoms with Crippen LogP contribution in [0.25, 0.3) is 10.9 Å². The number of ether oxygens (including phenoxy) is 1. The lowest BCUT2D eigenvalue weighted by molar-refractivity contribution is 0.108. The number of benzene rings is 2. The first-order chi connectivity index (χ1) is 15.8. The van der Waals surface area contributed by atoms with E-state index in [0.717, 1.165) is 29.3 Å². The Morgan fingerprint density at radius 1 is 1.06 bits per heavy atom. The highest BCUT2D eigenvalue weighted by Gasteiger charge is 2.15. The minimum absolute atomic E-state index is 0.444. The van der Waals surface area contributed by atoms with Crippen LogP contribution in [0.15, 0.2) is 53.1 Å². The molecule has 0 aliphatic carbocycles. The SMILES string of the molecule is Cc1noc(C)c1COc1ccc(CN(C)C[C@H](O)Cn2c(C)c(C)c3ccccc32)cc1. The Balaban J connectivity index is 1.31. The summed E-state index contributed by atoms with van der Waals surface area (Å²) < 4.78 is 13.3. The number of fused-ring (bicyclic) bond motifs is 1. The molecule has 4 aromatic rings. The summed E-state index contributed by atoms with van der Waals surface area (Å²) in [5.74, 6) is 1.61. The molecule has 0 bridgehead atoms. The maximum Gasteiger partial charge on any atom is 0.140 e. The van der Waals surface area contributed by atoms with Gasteiger partial charge in [-0.1, -0.05) is 35.5 Å². The monoisotopic (exact) mass is 447 g/mol. The van der Waals surface area contributed by atoms with Crippen LogP contribution in [0.4, 0.5) is 0 Å². The van der Waals surface area contributed by atoms with E-state index in [1.165, 1.54) is 27.7 Å². The lowest BCUT2D eigenvalue weighted by Gasteiger charge is -2.22. The molecule has 2 heterocycles. The van der Waals surface area contributed by atoms with Crippen LogP contribution in [-0.4, -0.2) is 39.4 Å².